The first kappa shape index (κ1) is 20.1. The third-order valence-corrected chi connectivity index (χ3v) is 5.23. The van der Waals surface area contributed by atoms with Crippen molar-refractivity contribution in [2.24, 2.45) is 5.92 Å². The van der Waals surface area contributed by atoms with Crippen molar-refractivity contribution < 1.29 is 27.1 Å². The molecule has 0 radical (unpaired) electrons. The van der Waals surface area contributed by atoms with Crippen LogP contribution in [0.4, 0.5) is 4.39 Å². The maximum atomic E-state index is 12.8. The van der Waals surface area contributed by atoms with E-state index in [1.54, 1.807) is 0 Å². The van der Waals surface area contributed by atoms with E-state index in [1.165, 1.54) is 0 Å². The number of carbonyl (C=O) groups excluding carboxylic acids is 2. The topological polar surface area (TPSA) is 89.5 Å². The van der Waals surface area contributed by atoms with Crippen molar-refractivity contribution in [1.82, 2.24) is 5.32 Å². The van der Waals surface area contributed by atoms with Gasteiger partial charge >= 0.3 is 5.97 Å². The molecule has 1 amide bonds. The highest BCUT2D eigenvalue weighted by atomic mass is 32.2. The molecule has 1 aromatic carbocycles. The standard InChI is InChI=1S/C16H22FNO5S/c1-11(2)12(3)18-15(19)10-23-16(20)8-9-24(21,22)14-6-4-13(17)5-7-14/h4-7,11-12H,8-10H2,1-3H3,(H,18,19)/t12-/m1/s1. The molecule has 0 aliphatic rings. The van der Waals surface area contributed by atoms with Gasteiger partial charge in [0.2, 0.25) is 0 Å². The molecule has 24 heavy (non-hydrogen) atoms. The van der Waals surface area contributed by atoms with Gasteiger partial charge in [0.1, 0.15) is 5.82 Å². The smallest absolute Gasteiger partial charge is 0.307 e. The number of benzene rings is 1. The van der Waals surface area contributed by atoms with E-state index >= 15 is 0 Å². The maximum absolute atomic E-state index is 12.8. The summed E-state index contributed by atoms with van der Waals surface area (Å²) in [5.41, 5.74) is 0. The highest BCUT2D eigenvalue weighted by Crippen LogP contribution is 2.13. The minimum absolute atomic E-state index is 0.0601. The average Bonchev–Trinajstić information content (AvgIpc) is 2.51. The Labute approximate surface area is 141 Å². The van der Waals surface area contributed by atoms with E-state index < -0.39 is 39.9 Å². The molecule has 0 spiro atoms. The molecule has 0 bridgehead atoms. The maximum Gasteiger partial charge on any atom is 0.307 e. The Kier molecular flexibility index (Phi) is 7.34. The molecular weight excluding hydrogens is 337 g/mol. The van der Waals surface area contributed by atoms with Crippen molar-refractivity contribution in [3.8, 4) is 0 Å². The van der Waals surface area contributed by atoms with E-state index in [1.807, 2.05) is 20.8 Å². The predicted octanol–water partition coefficient (Wildman–Crippen LogP) is 1.69. The van der Waals surface area contributed by atoms with Gasteiger partial charge in [-0.2, -0.15) is 0 Å². The summed E-state index contributed by atoms with van der Waals surface area (Å²) in [4.78, 5) is 23.1. The lowest BCUT2D eigenvalue weighted by Gasteiger charge is -2.17. The number of sulfone groups is 1. The molecular formula is C16H22FNO5S. The van der Waals surface area contributed by atoms with Gasteiger partial charge in [-0.15, -0.1) is 0 Å². The van der Waals surface area contributed by atoms with Crippen LogP contribution in [0.3, 0.4) is 0 Å². The summed E-state index contributed by atoms with van der Waals surface area (Å²) in [5.74, 6) is -2.00. The van der Waals surface area contributed by atoms with Crippen molar-refractivity contribution >= 4 is 21.7 Å². The Morgan fingerprint density at radius 1 is 1.17 bits per heavy atom. The normalized spacial score (nSPS) is 12.7. The van der Waals surface area contributed by atoms with Crippen LogP contribution in [0.15, 0.2) is 29.2 Å². The predicted molar refractivity (Wildman–Crippen MR) is 86.5 cm³/mol. The minimum Gasteiger partial charge on any atom is -0.456 e. The Balaban J connectivity index is 2.43. The van der Waals surface area contributed by atoms with E-state index in [4.69, 9.17) is 4.74 Å². The molecule has 1 atom stereocenters. The molecule has 0 unspecified atom stereocenters. The molecule has 0 fully saturated rings. The molecule has 134 valence electrons. The highest BCUT2D eigenvalue weighted by molar-refractivity contribution is 7.91. The number of ether oxygens (including phenoxy) is 1. The van der Waals surface area contributed by atoms with E-state index in [9.17, 15) is 22.4 Å². The van der Waals surface area contributed by atoms with Crippen LogP contribution in [0.25, 0.3) is 0 Å². The summed E-state index contributed by atoms with van der Waals surface area (Å²) in [7, 11) is -3.71. The molecule has 8 heteroatoms. The van der Waals surface area contributed by atoms with Gasteiger partial charge in [0.15, 0.2) is 16.4 Å². The molecule has 0 heterocycles. The quantitative estimate of drug-likeness (QED) is 0.564. The van der Waals surface area contributed by atoms with Crippen LogP contribution >= 0.6 is 0 Å². The summed E-state index contributed by atoms with van der Waals surface area (Å²) in [5, 5.41) is 2.67. The van der Waals surface area contributed by atoms with Crippen LogP contribution in [0.2, 0.25) is 0 Å². The summed E-state index contributed by atoms with van der Waals surface area (Å²) in [6.45, 7) is 5.26. The molecule has 1 aromatic rings. The molecule has 1 N–H and O–H groups in total. The van der Waals surface area contributed by atoms with E-state index in [0.717, 1.165) is 24.3 Å². The molecule has 0 saturated heterocycles. The van der Waals surface area contributed by atoms with Gasteiger partial charge in [0.05, 0.1) is 17.1 Å². The van der Waals surface area contributed by atoms with Gasteiger partial charge in [0, 0.05) is 6.04 Å². The number of amides is 1. The number of rotatable bonds is 8. The first-order valence-corrected chi connectivity index (χ1v) is 9.20. The van der Waals surface area contributed by atoms with Crippen molar-refractivity contribution in [3.63, 3.8) is 0 Å². The summed E-state index contributed by atoms with van der Waals surface area (Å²) >= 11 is 0. The van der Waals surface area contributed by atoms with Crippen molar-refractivity contribution in [3.05, 3.63) is 30.1 Å². The third kappa shape index (κ3) is 6.66. The van der Waals surface area contributed by atoms with Crippen LogP contribution in [0.1, 0.15) is 27.2 Å². The Bertz CT molecular complexity index is 670. The van der Waals surface area contributed by atoms with E-state index in [-0.39, 0.29) is 23.3 Å². The third-order valence-electron chi connectivity index (χ3n) is 3.50. The van der Waals surface area contributed by atoms with Gasteiger partial charge in [0.25, 0.3) is 5.91 Å². The Morgan fingerprint density at radius 3 is 2.29 bits per heavy atom. The average molecular weight is 359 g/mol. The van der Waals surface area contributed by atoms with Crippen molar-refractivity contribution in [1.29, 1.82) is 0 Å². The molecule has 0 aliphatic heterocycles. The number of hydrogen-bond donors (Lipinski definition) is 1. The van der Waals surface area contributed by atoms with E-state index in [2.05, 4.69) is 5.32 Å². The molecule has 6 nitrogen and oxygen atoms in total. The number of hydrogen-bond acceptors (Lipinski definition) is 5. The zero-order valence-corrected chi connectivity index (χ0v) is 14.7. The first-order valence-electron chi connectivity index (χ1n) is 7.55. The van der Waals surface area contributed by atoms with Crippen LogP contribution in [-0.4, -0.2) is 38.7 Å². The second-order valence-electron chi connectivity index (χ2n) is 5.78. The van der Waals surface area contributed by atoms with Crippen LogP contribution < -0.4 is 5.32 Å². The van der Waals surface area contributed by atoms with Gasteiger partial charge in [-0.1, -0.05) is 13.8 Å². The number of halogens is 1. The van der Waals surface area contributed by atoms with E-state index in [0.29, 0.717) is 0 Å². The van der Waals surface area contributed by atoms with Crippen LogP contribution in [-0.2, 0) is 24.2 Å². The van der Waals surface area contributed by atoms with Gasteiger partial charge in [-0.25, -0.2) is 12.8 Å². The zero-order valence-electron chi connectivity index (χ0n) is 13.9. The van der Waals surface area contributed by atoms with Crippen molar-refractivity contribution in [2.45, 2.75) is 38.1 Å². The lowest BCUT2D eigenvalue weighted by Crippen LogP contribution is -2.38. The number of esters is 1. The zero-order chi connectivity index (χ0) is 18.3. The second-order valence-corrected chi connectivity index (χ2v) is 7.89. The fourth-order valence-corrected chi connectivity index (χ4v) is 2.88. The SMILES string of the molecule is CC(C)[C@@H](C)NC(=O)COC(=O)CCS(=O)(=O)c1ccc(F)cc1. The largest absolute Gasteiger partial charge is 0.456 e. The second kappa shape index (κ2) is 8.77. The molecule has 0 saturated carbocycles. The van der Waals surface area contributed by atoms with Gasteiger partial charge < -0.3 is 10.1 Å². The molecule has 1 rings (SSSR count). The van der Waals surface area contributed by atoms with Crippen LogP contribution in [0.5, 0.6) is 0 Å². The number of nitrogens with one attached hydrogen (secondary N) is 1. The molecule has 0 aromatic heterocycles. The van der Waals surface area contributed by atoms with Gasteiger partial charge in [-0.3, -0.25) is 9.59 Å². The Morgan fingerprint density at radius 2 is 1.75 bits per heavy atom. The van der Waals surface area contributed by atoms with Gasteiger partial charge in [-0.05, 0) is 37.1 Å². The first-order chi connectivity index (χ1) is 11.1. The summed E-state index contributed by atoms with van der Waals surface area (Å²) in [6, 6.07) is 4.28. The molecule has 0 aliphatic carbocycles. The van der Waals surface area contributed by atoms with Crippen molar-refractivity contribution in [2.75, 3.05) is 12.4 Å². The Hall–Kier alpha value is -1.96. The monoisotopic (exact) mass is 359 g/mol. The van der Waals surface area contributed by atoms with Crippen LogP contribution in [0, 0.1) is 11.7 Å². The lowest BCUT2D eigenvalue weighted by atomic mass is 10.1. The number of carbonyl (C=O) groups is 2. The summed E-state index contributed by atoms with van der Waals surface area (Å²) < 4.78 is 41.6. The summed E-state index contributed by atoms with van der Waals surface area (Å²) in [6.07, 6.45) is -0.382. The highest BCUT2D eigenvalue weighted by Gasteiger charge is 2.18. The fourth-order valence-electron chi connectivity index (χ4n) is 1.66. The lowest BCUT2D eigenvalue weighted by molar-refractivity contribution is -0.148. The fraction of sp³-hybridized carbons (Fsp3) is 0.500. The minimum atomic E-state index is -3.71.